The van der Waals surface area contributed by atoms with Gasteiger partial charge in [0.2, 0.25) is 0 Å². The van der Waals surface area contributed by atoms with E-state index < -0.39 is 11.0 Å². The van der Waals surface area contributed by atoms with E-state index in [1.54, 1.807) is 0 Å². The summed E-state index contributed by atoms with van der Waals surface area (Å²) in [6.07, 6.45) is 12.5. The molecule has 3 heteroatoms. The fourth-order valence-corrected chi connectivity index (χ4v) is 6.62. The Morgan fingerprint density at radius 1 is 1.21 bits per heavy atom. The van der Waals surface area contributed by atoms with Crippen LogP contribution in [0.2, 0.25) is 0 Å². The van der Waals surface area contributed by atoms with Gasteiger partial charge < -0.3 is 5.11 Å². The van der Waals surface area contributed by atoms with Crippen LogP contribution < -0.4 is 0 Å². The average Bonchev–Trinajstić information content (AvgIpc) is 2.79. The molecular weight excluding hydrogens is 300 g/mol. The molecule has 0 aromatic rings. The maximum atomic E-state index is 13.2. The van der Waals surface area contributed by atoms with Gasteiger partial charge in [-0.05, 0) is 55.4 Å². The number of carbonyl (C=O) groups is 2. The minimum Gasteiger partial charge on any atom is -0.377 e. The summed E-state index contributed by atoms with van der Waals surface area (Å²) in [5.74, 6) is 3.65. The Bertz CT molecular complexity index is 698. The summed E-state index contributed by atoms with van der Waals surface area (Å²) in [6.45, 7) is 4.21. The van der Waals surface area contributed by atoms with Crippen molar-refractivity contribution in [2.45, 2.75) is 64.4 Å². The van der Waals surface area contributed by atoms with E-state index in [2.05, 4.69) is 12.8 Å². The SMILES string of the molecule is C#C[C@]1(O)CC[C@H]2[C@@H]3CCC4=CC(=O)CC[C@]4(C)[C@H]3C(=O)C[C@@]21C. The summed E-state index contributed by atoms with van der Waals surface area (Å²) in [6, 6.07) is 0. The Labute approximate surface area is 143 Å². The summed E-state index contributed by atoms with van der Waals surface area (Å²) < 4.78 is 0. The molecule has 0 unspecified atom stereocenters. The monoisotopic (exact) mass is 326 g/mol. The van der Waals surface area contributed by atoms with Gasteiger partial charge in [0.05, 0.1) is 0 Å². The van der Waals surface area contributed by atoms with Crippen molar-refractivity contribution in [3.8, 4) is 12.3 Å². The lowest BCUT2D eigenvalue weighted by molar-refractivity contribution is -0.153. The zero-order valence-corrected chi connectivity index (χ0v) is 14.6. The van der Waals surface area contributed by atoms with Crippen molar-refractivity contribution >= 4 is 11.6 Å². The van der Waals surface area contributed by atoms with Gasteiger partial charge >= 0.3 is 0 Å². The molecule has 3 fully saturated rings. The van der Waals surface area contributed by atoms with Crippen molar-refractivity contribution in [2.24, 2.45) is 28.6 Å². The van der Waals surface area contributed by atoms with Crippen molar-refractivity contribution < 1.29 is 14.7 Å². The van der Waals surface area contributed by atoms with Crippen LogP contribution in [-0.2, 0) is 9.59 Å². The first-order valence-electron chi connectivity index (χ1n) is 9.22. The summed E-state index contributed by atoms with van der Waals surface area (Å²) in [4.78, 5) is 25.1. The number of terminal acetylenes is 1. The highest BCUT2D eigenvalue weighted by molar-refractivity contribution is 5.93. The van der Waals surface area contributed by atoms with E-state index in [9.17, 15) is 14.7 Å². The van der Waals surface area contributed by atoms with E-state index in [0.717, 1.165) is 25.7 Å². The van der Waals surface area contributed by atoms with Crippen molar-refractivity contribution in [1.82, 2.24) is 0 Å². The third-order valence-corrected chi connectivity index (χ3v) is 8.05. The number of ketones is 2. The van der Waals surface area contributed by atoms with Gasteiger partial charge in [-0.2, -0.15) is 0 Å². The molecule has 0 aromatic carbocycles. The van der Waals surface area contributed by atoms with Crippen molar-refractivity contribution in [2.75, 3.05) is 0 Å². The van der Waals surface area contributed by atoms with Gasteiger partial charge in [-0.15, -0.1) is 6.42 Å². The number of allylic oxidation sites excluding steroid dienone is 1. The average molecular weight is 326 g/mol. The summed E-state index contributed by atoms with van der Waals surface area (Å²) >= 11 is 0. The molecule has 0 aliphatic heterocycles. The highest BCUT2D eigenvalue weighted by atomic mass is 16.3. The molecule has 4 aliphatic carbocycles. The highest BCUT2D eigenvalue weighted by Crippen LogP contribution is 2.66. The molecule has 24 heavy (non-hydrogen) atoms. The Hall–Kier alpha value is -1.40. The predicted octanol–water partition coefficient (Wildman–Crippen LogP) is 3.06. The molecule has 0 saturated heterocycles. The van der Waals surface area contributed by atoms with Gasteiger partial charge in [-0.25, -0.2) is 0 Å². The minimum atomic E-state index is -1.15. The maximum absolute atomic E-state index is 13.2. The quantitative estimate of drug-likeness (QED) is 0.696. The van der Waals surface area contributed by atoms with Gasteiger partial charge in [0.1, 0.15) is 11.4 Å². The smallest absolute Gasteiger partial charge is 0.155 e. The topological polar surface area (TPSA) is 54.4 Å². The predicted molar refractivity (Wildman–Crippen MR) is 90.9 cm³/mol. The fourth-order valence-electron chi connectivity index (χ4n) is 6.62. The lowest BCUT2D eigenvalue weighted by Gasteiger charge is -2.57. The van der Waals surface area contributed by atoms with E-state index in [-0.39, 0.29) is 28.8 Å². The van der Waals surface area contributed by atoms with E-state index in [1.807, 2.05) is 13.0 Å². The van der Waals surface area contributed by atoms with Crippen molar-refractivity contribution in [3.05, 3.63) is 11.6 Å². The second kappa shape index (κ2) is 4.82. The molecule has 0 spiro atoms. The molecule has 3 saturated carbocycles. The Kier molecular flexibility index (Phi) is 3.23. The lowest BCUT2D eigenvalue weighted by atomic mass is 9.46. The van der Waals surface area contributed by atoms with Crippen LogP contribution in [-0.4, -0.2) is 22.3 Å². The number of hydrogen-bond acceptors (Lipinski definition) is 3. The second-order valence-corrected chi connectivity index (χ2v) is 8.94. The van der Waals surface area contributed by atoms with Crippen LogP contribution in [0.3, 0.4) is 0 Å². The third kappa shape index (κ3) is 1.78. The number of Topliss-reactive ketones (excluding diaryl/α,β-unsaturated/α-hetero) is 1. The molecule has 4 aliphatic rings. The zero-order valence-electron chi connectivity index (χ0n) is 14.6. The summed E-state index contributed by atoms with van der Waals surface area (Å²) in [7, 11) is 0. The molecule has 0 aromatic heterocycles. The molecule has 0 bridgehead atoms. The van der Waals surface area contributed by atoms with Gasteiger partial charge in [0.25, 0.3) is 0 Å². The van der Waals surface area contributed by atoms with Gasteiger partial charge in [0.15, 0.2) is 5.78 Å². The van der Waals surface area contributed by atoms with Gasteiger partial charge in [0, 0.05) is 24.2 Å². The molecular formula is C21H26O3. The Morgan fingerprint density at radius 3 is 2.67 bits per heavy atom. The Balaban J connectivity index is 1.77. The number of fused-ring (bicyclic) bond motifs is 5. The maximum Gasteiger partial charge on any atom is 0.155 e. The van der Waals surface area contributed by atoms with Gasteiger partial charge in [-0.1, -0.05) is 25.3 Å². The van der Waals surface area contributed by atoms with E-state index >= 15 is 0 Å². The largest absolute Gasteiger partial charge is 0.377 e. The lowest BCUT2D eigenvalue weighted by Crippen LogP contribution is -2.58. The molecule has 128 valence electrons. The number of carbonyl (C=O) groups excluding carboxylic acids is 2. The standard InChI is InChI=1S/C21H26O3/c1-4-21(24)10-8-16-15-6-5-13-11-14(22)7-9-19(13,2)18(15)17(23)12-20(16,21)3/h1,11,15-16,18,24H,5-10,12H2,2-3H3/t15-,16-,18+,19-,20-,21-/m0/s1. The van der Waals surface area contributed by atoms with Crippen LogP contribution in [0, 0.1) is 40.9 Å². The zero-order chi connectivity index (χ0) is 17.3. The third-order valence-electron chi connectivity index (χ3n) is 8.05. The highest BCUT2D eigenvalue weighted by Gasteiger charge is 2.66. The minimum absolute atomic E-state index is 0.0104. The molecule has 0 amide bonds. The first-order chi connectivity index (χ1) is 11.2. The van der Waals surface area contributed by atoms with Crippen LogP contribution in [0.1, 0.15) is 58.8 Å². The first kappa shape index (κ1) is 16.1. The number of rotatable bonds is 0. The van der Waals surface area contributed by atoms with E-state index in [1.165, 1.54) is 5.57 Å². The van der Waals surface area contributed by atoms with Crippen molar-refractivity contribution in [1.29, 1.82) is 0 Å². The first-order valence-corrected chi connectivity index (χ1v) is 9.22. The molecule has 0 radical (unpaired) electrons. The normalized spacial score (nSPS) is 50.4. The fraction of sp³-hybridized carbons (Fsp3) is 0.714. The molecule has 6 atom stereocenters. The van der Waals surface area contributed by atoms with Crippen LogP contribution in [0.5, 0.6) is 0 Å². The Morgan fingerprint density at radius 2 is 1.96 bits per heavy atom. The second-order valence-electron chi connectivity index (χ2n) is 8.94. The van der Waals surface area contributed by atoms with Gasteiger partial charge in [-0.3, -0.25) is 9.59 Å². The summed E-state index contributed by atoms with van der Waals surface area (Å²) in [5.41, 5.74) is -0.645. The van der Waals surface area contributed by atoms with Crippen molar-refractivity contribution in [3.63, 3.8) is 0 Å². The molecule has 0 heterocycles. The van der Waals surface area contributed by atoms with E-state index in [4.69, 9.17) is 6.42 Å². The van der Waals surface area contributed by atoms with Crippen LogP contribution in [0.4, 0.5) is 0 Å². The molecule has 1 N–H and O–H groups in total. The van der Waals surface area contributed by atoms with Crippen LogP contribution >= 0.6 is 0 Å². The molecule has 4 rings (SSSR count). The van der Waals surface area contributed by atoms with E-state index in [0.29, 0.717) is 25.2 Å². The number of hydrogen-bond donors (Lipinski definition) is 1. The summed E-state index contributed by atoms with van der Waals surface area (Å²) in [5, 5.41) is 10.9. The number of aliphatic hydroxyl groups is 1. The van der Waals surface area contributed by atoms with Crippen LogP contribution in [0.15, 0.2) is 11.6 Å². The molecule has 3 nitrogen and oxygen atoms in total. The van der Waals surface area contributed by atoms with Crippen LogP contribution in [0.25, 0.3) is 0 Å².